The average Bonchev–Trinajstić information content (AvgIpc) is 2.72. The predicted molar refractivity (Wildman–Crippen MR) is 60.4 cm³/mol. The summed E-state index contributed by atoms with van der Waals surface area (Å²) in [4.78, 5) is 0. The molecule has 0 aliphatic carbocycles. The Labute approximate surface area is 99.3 Å². The van der Waals surface area contributed by atoms with Gasteiger partial charge < -0.3 is 15.2 Å². The Morgan fingerprint density at radius 3 is 2.88 bits per heavy atom. The number of ether oxygens (including phenoxy) is 1. The maximum absolute atomic E-state index is 9.57. The molecule has 6 heteroatoms. The van der Waals surface area contributed by atoms with E-state index in [1.165, 1.54) is 0 Å². The van der Waals surface area contributed by atoms with Gasteiger partial charge in [0.2, 0.25) is 0 Å². The molecule has 2 heterocycles. The lowest BCUT2D eigenvalue weighted by molar-refractivity contribution is 0.122. The molecule has 1 aliphatic heterocycles. The summed E-state index contributed by atoms with van der Waals surface area (Å²) >= 11 is 6.10. The van der Waals surface area contributed by atoms with E-state index in [4.69, 9.17) is 16.3 Å². The van der Waals surface area contributed by atoms with Crippen molar-refractivity contribution in [3.63, 3.8) is 0 Å². The van der Waals surface area contributed by atoms with Gasteiger partial charge in [-0.05, 0) is 6.92 Å². The van der Waals surface area contributed by atoms with Gasteiger partial charge in [-0.2, -0.15) is 5.10 Å². The summed E-state index contributed by atoms with van der Waals surface area (Å²) in [5.41, 5.74) is 1.89. The van der Waals surface area contributed by atoms with E-state index in [0.717, 1.165) is 11.3 Å². The lowest BCUT2D eigenvalue weighted by Gasteiger charge is -2.14. The Morgan fingerprint density at radius 2 is 2.38 bits per heavy atom. The van der Waals surface area contributed by atoms with Gasteiger partial charge in [0.05, 0.1) is 31.1 Å². The third kappa shape index (κ3) is 2.22. The number of hydrogen-bond acceptors (Lipinski definition) is 4. The van der Waals surface area contributed by atoms with E-state index in [1.807, 2.05) is 14.0 Å². The van der Waals surface area contributed by atoms with Gasteiger partial charge in [0.15, 0.2) is 0 Å². The predicted octanol–water partition coefficient (Wildman–Crippen LogP) is 0.231. The first-order chi connectivity index (χ1) is 7.59. The molecule has 1 fully saturated rings. The number of aliphatic hydroxyl groups is 1. The Bertz CT molecular complexity index is 380. The summed E-state index contributed by atoms with van der Waals surface area (Å²) in [6.07, 6.45) is -0.434. The molecule has 0 radical (unpaired) electrons. The highest BCUT2D eigenvalue weighted by Crippen LogP contribution is 2.18. The molecule has 1 saturated heterocycles. The zero-order valence-electron chi connectivity index (χ0n) is 9.40. The fourth-order valence-electron chi connectivity index (χ4n) is 1.85. The first-order valence-electron chi connectivity index (χ1n) is 5.26. The molecule has 2 rings (SSSR count). The van der Waals surface area contributed by atoms with Crippen LogP contribution in [0, 0.1) is 6.92 Å². The SMILES string of the molecule is Cc1nn(C)c(Cl)c1CNC1COCC1O. The number of rotatable bonds is 3. The zero-order valence-corrected chi connectivity index (χ0v) is 10.2. The normalized spacial score (nSPS) is 25.2. The number of aryl methyl sites for hydroxylation is 2. The van der Waals surface area contributed by atoms with Crippen molar-refractivity contribution < 1.29 is 9.84 Å². The van der Waals surface area contributed by atoms with Crippen molar-refractivity contribution >= 4 is 11.6 Å². The quantitative estimate of drug-likeness (QED) is 0.801. The fraction of sp³-hybridized carbons (Fsp3) is 0.700. The zero-order chi connectivity index (χ0) is 11.7. The van der Waals surface area contributed by atoms with Gasteiger partial charge in [-0.25, -0.2) is 0 Å². The second-order valence-electron chi connectivity index (χ2n) is 4.07. The largest absolute Gasteiger partial charge is 0.389 e. The monoisotopic (exact) mass is 245 g/mol. The first-order valence-corrected chi connectivity index (χ1v) is 5.64. The van der Waals surface area contributed by atoms with E-state index >= 15 is 0 Å². The molecule has 16 heavy (non-hydrogen) atoms. The molecule has 0 aromatic carbocycles. The van der Waals surface area contributed by atoms with Gasteiger partial charge in [-0.3, -0.25) is 4.68 Å². The van der Waals surface area contributed by atoms with Crippen LogP contribution in [-0.2, 0) is 18.3 Å². The highest BCUT2D eigenvalue weighted by Gasteiger charge is 2.26. The third-order valence-electron chi connectivity index (χ3n) is 2.86. The van der Waals surface area contributed by atoms with Crippen LogP contribution in [0.25, 0.3) is 0 Å². The molecular formula is C10H16ClN3O2. The van der Waals surface area contributed by atoms with E-state index in [2.05, 4.69) is 10.4 Å². The van der Waals surface area contributed by atoms with Crippen molar-refractivity contribution in [1.29, 1.82) is 0 Å². The highest BCUT2D eigenvalue weighted by atomic mass is 35.5. The molecule has 2 unspecified atom stereocenters. The van der Waals surface area contributed by atoms with Crippen LogP contribution < -0.4 is 5.32 Å². The topological polar surface area (TPSA) is 59.3 Å². The van der Waals surface area contributed by atoms with E-state index < -0.39 is 6.10 Å². The Kier molecular flexibility index (Phi) is 3.49. The lowest BCUT2D eigenvalue weighted by atomic mass is 10.2. The first kappa shape index (κ1) is 11.9. The summed E-state index contributed by atoms with van der Waals surface area (Å²) in [5, 5.41) is 17.7. The number of aromatic nitrogens is 2. The lowest BCUT2D eigenvalue weighted by Crippen LogP contribution is -2.38. The van der Waals surface area contributed by atoms with Crippen LogP contribution >= 0.6 is 11.6 Å². The summed E-state index contributed by atoms with van der Waals surface area (Å²) in [5.74, 6) is 0. The van der Waals surface area contributed by atoms with Crippen LogP contribution in [0.4, 0.5) is 0 Å². The van der Waals surface area contributed by atoms with Gasteiger partial charge in [0.1, 0.15) is 5.15 Å². The van der Waals surface area contributed by atoms with Crippen molar-refractivity contribution in [2.75, 3.05) is 13.2 Å². The van der Waals surface area contributed by atoms with Crippen molar-refractivity contribution in [2.45, 2.75) is 25.6 Å². The molecule has 90 valence electrons. The molecule has 2 atom stereocenters. The second kappa shape index (κ2) is 4.71. The molecule has 5 nitrogen and oxygen atoms in total. The molecule has 0 amide bonds. The van der Waals surface area contributed by atoms with Gasteiger partial charge in [0, 0.05) is 19.2 Å². The van der Waals surface area contributed by atoms with Crippen LogP contribution in [0.5, 0.6) is 0 Å². The van der Waals surface area contributed by atoms with Crippen molar-refractivity contribution in [2.24, 2.45) is 7.05 Å². The number of hydrogen-bond donors (Lipinski definition) is 2. The van der Waals surface area contributed by atoms with E-state index in [9.17, 15) is 5.11 Å². The minimum Gasteiger partial charge on any atom is -0.389 e. The number of halogens is 1. The molecule has 0 spiro atoms. The number of nitrogens with zero attached hydrogens (tertiary/aromatic N) is 2. The van der Waals surface area contributed by atoms with Gasteiger partial charge >= 0.3 is 0 Å². The van der Waals surface area contributed by atoms with E-state index in [0.29, 0.717) is 24.9 Å². The van der Waals surface area contributed by atoms with Crippen LogP contribution in [-0.4, -0.2) is 40.2 Å². The Balaban J connectivity index is 1.99. The molecule has 0 bridgehead atoms. The number of nitrogens with one attached hydrogen (secondary N) is 1. The summed E-state index contributed by atoms with van der Waals surface area (Å²) in [7, 11) is 1.81. The van der Waals surface area contributed by atoms with E-state index in [-0.39, 0.29) is 6.04 Å². The van der Waals surface area contributed by atoms with Crippen molar-refractivity contribution in [3.8, 4) is 0 Å². The number of aliphatic hydroxyl groups excluding tert-OH is 1. The van der Waals surface area contributed by atoms with Gasteiger partial charge in [0.25, 0.3) is 0 Å². The Hall–Kier alpha value is -0.620. The molecule has 2 N–H and O–H groups in total. The smallest absolute Gasteiger partial charge is 0.131 e. The van der Waals surface area contributed by atoms with Crippen LogP contribution in [0.2, 0.25) is 5.15 Å². The maximum atomic E-state index is 9.57. The fourth-order valence-corrected chi connectivity index (χ4v) is 2.09. The molecule has 1 aromatic heterocycles. The maximum Gasteiger partial charge on any atom is 0.131 e. The van der Waals surface area contributed by atoms with Gasteiger partial charge in [-0.15, -0.1) is 0 Å². The molecular weight excluding hydrogens is 230 g/mol. The van der Waals surface area contributed by atoms with Gasteiger partial charge in [-0.1, -0.05) is 11.6 Å². The van der Waals surface area contributed by atoms with Crippen LogP contribution in [0.15, 0.2) is 0 Å². The van der Waals surface area contributed by atoms with Crippen LogP contribution in [0.1, 0.15) is 11.3 Å². The third-order valence-corrected chi connectivity index (χ3v) is 3.33. The highest BCUT2D eigenvalue weighted by molar-refractivity contribution is 6.30. The van der Waals surface area contributed by atoms with Crippen LogP contribution in [0.3, 0.4) is 0 Å². The molecule has 0 saturated carbocycles. The summed E-state index contributed by atoms with van der Waals surface area (Å²) in [6, 6.07) is -0.0179. The summed E-state index contributed by atoms with van der Waals surface area (Å²) < 4.78 is 6.81. The second-order valence-corrected chi connectivity index (χ2v) is 4.43. The molecule has 1 aromatic rings. The minimum atomic E-state index is -0.434. The Morgan fingerprint density at radius 1 is 1.62 bits per heavy atom. The van der Waals surface area contributed by atoms with E-state index in [1.54, 1.807) is 4.68 Å². The average molecular weight is 246 g/mol. The standard InChI is InChI=1S/C10H16ClN3O2/c1-6-7(10(11)14(2)13-6)3-12-8-4-16-5-9(8)15/h8-9,12,15H,3-5H2,1-2H3. The summed E-state index contributed by atoms with van der Waals surface area (Å²) in [6.45, 7) is 3.46. The minimum absolute atomic E-state index is 0.0179. The molecule has 1 aliphatic rings. The van der Waals surface area contributed by atoms with Crippen molar-refractivity contribution in [1.82, 2.24) is 15.1 Å². The van der Waals surface area contributed by atoms with Crippen molar-refractivity contribution in [3.05, 3.63) is 16.4 Å².